The predicted octanol–water partition coefficient (Wildman–Crippen LogP) is 2.46. The van der Waals surface area contributed by atoms with Gasteiger partial charge >= 0.3 is 0 Å². The summed E-state index contributed by atoms with van der Waals surface area (Å²) in [5, 5.41) is 14.0. The van der Waals surface area contributed by atoms with Gasteiger partial charge in [0, 0.05) is 29.4 Å². The Hall–Kier alpha value is -1.30. The first kappa shape index (κ1) is 13.7. The molecule has 1 saturated carbocycles. The van der Waals surface area contributed by atoms with E-state index in [2.05, 4.69) is 22.2 Å². The van der Waals surface area contributed by atoms with Gasteiger partial charge in [0.2, 0.25) is 0 Å². The third-order valence-electron chi connectivity index (χ3n) is 3.91. The molecule has 0 aliphatic heterocycles. The van der Waals surface area contributed by atoms with E-state index in [4.69, 9.17) is 0 Å². The molecular formula is C15H19N3OS. The van der Waals surface area contributed by atoms with Crippen LogP contribution in [-0.4, -0.2) is 27.2 Å². The second-order valence-electron chi connectivity index (χ2n) is 5.55. The molecule has 0 amide bonds. The fraction of sp³-hybridized carbons (Fsp3) is 0.467. The van der Waals surface area contributed by atoms with Gasteiger partial charge in [-0.3, -0.25) is 4.98 Å². The Kier molecular flexibility index (Phi) is 3.83. The highest BCUT2D eigenvalue weighted by atomic mass is 32.1. The molecule has 5 heteroatoms. The second-order valence-corrected chi connectivity index (χ2v) is 6.67. The van der Waals surface area contributed by atoms with Crippen LogP contribution in [0.15, 0.2) is 30.6 Å². The average molecular weight is 289 g/mol. The zero-order valence-corrected chi connectivity index (χ0v) is 12.4. The van der Waals surface area contributed by atoms with Crippen LogP contribution in [0.1, 0.15) is 24.6 Å². The highest BCUT2D eigenvalue weighted by Crippen LogP contribution is 2.39. The number of aliphatic hydroxyl groups excluding tert-OH is 1. The van der Waals surface area contributed by atoms with Crippen molar-refractivity contribution >= 4 is 11.3 Å². The lowest BCUT2D eigenvalue weighted by molar-refractivity contribution is 0.154. The molecule has 1 aliphatic rings. The fourth-order valence-corrected chi connectivity index (χ4v) is 3.16. The summed E-state index contributed by atoms with van der Waals surface area (Å²) >= 11 is 1.65. The van der Waals surface area contributed by atoms with Crippen molar-refractivity contribution < 1.29 is 5.11 Å². The predicted molar refractivity (Wildman–Crippen MR) is 80.4 cm³/mol. The van der Waals surface area contributed by atoms with Gasteiger partial charge in [0.1, 0.15) is 5.01 Å². The van der Waals surface area contributed by atoms with E-state index < -0.39 is 0 Å². The zero-order valence-electron chi connectivity index (χ0n) is 11.5. The molecule has 1 atom stereocenters. The third kappa shape index (κ3) is 2.90. The Morgan fingerprint density at radius 1 is 1.40 bits per heavy atom. The first-order chi connectivity index (χ1) is 9.71. The fourth-order valence-electron chi connectivity index (χ4n) is 2.34. The molecule has 2 aromatic heterocycles. The number of hydrogen-bond acceptors (Lipinski definition) is 5. The summed E-state index contributed by atoms with van der Waals surface area (Å²) < 4.78 is 0. The number of thiazole rings is 1. The molecule has 0 spiro atoms. The number of nitrogens with zero attached hydrogens (tertiary/aromatic N) is 2. The maximum atomic E-state index is 9.57. The molecule has 106 valence electrons. The zero-order chi connectivity index (χ0) is 14.0. The minimum atomic E-state index is -0.158. The van der Waals surface area contributed by atoms with Crippen LogP contribution in [0.3, 0.4) is 0 Å². The van der Waals surface area contributed by atoms with Crippen molar-refractivity contribution in [2.45, 2.75) is 31.8 Å². The van der Waals surface area contributed by atoms with Gasteiger partial charge in [-0.1, -0.05) is 6.07 Å². The minimum Gasteiger partial charge on any atom is -0.394 e. The molecule has 0 saturated heterocycles. The van der Waals surface area contributed by atoms with Crippen LogP contribution in [-0.2, 0) is 6.54 Å². The van der Waals surface area contributed by atoms with E-state index in [0.717, 1.165) is 17.2 Å². The monoisotopic (exact) mass is 289 g/mol. The van der Waals surface area contributed by atoms with E-state index in [0.29, 0.717) is 5.92 Å². The number of pyridine rings is 1. The van der Waals surface area contributed by atoms with Crippen LogP contribution in [0.4, 0.5) is 0 Å². The molecule has 20 heavy (non-hydrogen) atoms. The summed E-state index contributed by atoms with van der Waals surface area (Å²) in [5.41, 5.74) is 0.755. The Labute approximate surface area is 122 Å². The average Bonchev–Trinajstić information content (AvgIpc) is 3.25. The molecule has 1 fully saturated rings. The molecule has 4 nitrogen and oxygen atoms in total. The molecule has 3 rings (SSSR count). The summed E-state index contributed by atoms with van der Waals surface area (Å²) in [4.78, 5) is 9.91. The lowest BCUT2D eigenvalue weighted by Crippen LogP contribution is -2.47. The van der Waals surface area contributed by atoms with E-state index in [9.17, 15) is 5.11 Å². The highest BCUT2D eigenvalue weighted by molar-refractivity contribution is 7.14. The Morgan fingerprint density at radius 3 is 2.90 bits per heavy atom. The number of aromatic nitrogens is 2. The van der Waals surface area contributed by atoms with Gasteiger partial charge in [0.05, 0.1) is 12.3 Å². The molecule has 1 aliphatic carbocycles. The first-order valence-corrected chi connectivity index (χ1v) is 7.75. The van der Waals surface area contributed by atoms with Gasteiger partial charge in [0.25, 0.3) is 0 Å². The van der Waals surface area contributed by atoms with Crippen molar-refractivity contribution in [3.8, 4) is 10.7 Å². The number of rotatable bonds is 6. The minimum absolute atomic E-state index is 0.158. The molecule has 2 heterocycles. The van der Waals surface area contributed by atoms with Gasteiger partial charge < -0.3 is 10.4 Å². The van der Waals surface area contributed by atoms with Gasteiger partial charge in [-0.05, 0) is 37.8 Å². The van der Waals surface area contributed by atoms with Crippen LogP contribution in [0, 0.1) is 5.92 Å². The quantitative estimate of drug-likeness (QED) is 0.857. The summed E-state index contributed by atoms with van der Waals surface area (Å²) in [6.07, 6.45) is 6.11. The summed E-state index contributed by atoms with van der Waals surface area (Å²) in [7, 11) is 0. The van der Waals surface area contributed by atoms with Gasteiger partial charge in [-0.15, -0.1) is 11.3 Å². The lowest BCUT2D eigenvalue weighted by atomic mass is 9.97. The first-order valence-electron chi connectivity index (χ1n) is 6.93. The van der Waals surface area contributed by atoms with Crippen molar-refractivity contribution in [1.82, 2.24) is 15.3 Å². The molecular weight excluding hydrogens is 270 g/mol. The largest absolute Gasteiger partial charge is 0.394 e. The van der Waals surface area contributed by atoms with Crippen LogP contribution < -0.4 is 5.32 Å². The highest BCUT2D eigenvalue weighted by Gasteiger charge is 2.40. The molecule has 0 bridgehead atoms. The van der Waals surface area contributed by atoms with Crippen LogP contribution in [0.25, 0.3) is 10.7 Å². The van der Waals surface area contributed by atoms with E-state index in [1.54, 1.807) is 17.5 Å². The summed E-state index contributed by atoms with van der Waals surface area (Å²) in [6, 6.07) is 5.84. The smallest absolute Gasteiger partial charge is 0.142 e. The van der Waals surface area contributed by atoms with E-state index in [1.165, 1.54) is 17.7 Å². The number of aliphatic hydroxyl groups is 1. The van der Waals surface area contributed by atoms with Crippen LogP contribution >= 0.6 is 11.3 Å². The third-order valence-corrected chi connectivity index (χ3v) is 4.93. The summed E-state index contributed by atoms with van der Waals surface area (Å²) in [5.74, 6) is 0.607. The molecule has 1 unspecified atom stereocenters. The Balaban J connectivity index is 1.66. The van der Waals surface area contributed by atoms with Gasteiger partial charge in [-0.25, -0.2) is 4.98 Å². The summed E-state index contributed by atoms with van der Waals surface area (Å²) in [6.45, 7) is 3.03. The maximum absolute atomic E-state index is 9.57. The van der Waals surface area contributed by atoms with Crippen LogP contribution in [0.5, 0.6) is 0 Å². The van der Waals surface area contributed by atoms with Crippen molar-refractivity contribution in [1.29, 1.82) is 0 Å². The van der Waals surface area contributed by atoms with E-state index >= 15 is 0 Å². The molecule has 0 aromatic carbocycles. The van der Waals surface area contributed by atoms with Crippen molar-refractivity contribution in [2.24, 2.45) is 5.92 Å². The van der Waals surface area contributed by atoms with Gasteiger partial charge in [0.15, 0.2) is 0 Å². The second kappa shape index (κ2) is 5.60. The molecule has 2 N–H and O–H groups in total. The SMILES string of the molecule is CC(CO)(NCc1cnc(-c2ccccn2)s1)C1CC1. The maximum Gasteiger partial charge on any atom is 0.142 e. The molecule has 0 radical (unpaired) electrons. The topological polar surface area (TPSA) is 58.0 Å². The lowest BCUT2D eigenvalue weighted by Gasteiger charge is -2.28. The van der Waals surface area contributed by atoms with E-state index in [-0.39, 0.29) is 12.1 Å². The standard InChI is InChI=1S/C15H19N3OS/c1-15(10-19,11-5-6-11)18-9-12-8-17-14(20-12)13-4-2-3-7-16-13/h2-4,7-8,11,18-19H,5-6,9-10H2,1H3. The Bertz CT molecular complexity index is 568. The van der Waals surface area contributed by atoms with E-state index in [1.807, 2.05) is 24.4 Å². The number of hydrogen-bond donors (Lipinski definition) is 2. The number of nitrogens with one attached hydrogen (secondary N) is 1. The van der Waals surface area contributed by atoms with Gasteiger partial charge in [-0.2, -0.15) is 0 Å². The van der Waals surface area contributed by atoms with Crippen molar-refractivity contribution in [3.05, 3.63) is 35.5 Å². The molecule has 2 aromatic rings. The van der Waals surface area contributed by atoms with Crippen molar-refractivity contribution in [2.75, 3.05) is 6.61 Å². The van der Waals surface area contributed by atoms with Crippen molar-refractivity contribution in [3.63, 3.8) is 0 Å². The Morgan fingerprint density at radius 2 is 2.25 bits per heavy atom. The normalized spacial score (nSPS) is 17.9. The van der Waals surface area contributed by atoms with Crippen LogP contribution in [0.2, 0.25) is 0 Å².